The van der Waals surface area contributed by atoms with Crippen LogP contribution in [0.4, 0.5) is 0 Å². The molecule has 0 radical (unpaired) electrons. The second kappa shape index (κ2) is 7.74. The van der Waals surface area contributed by atoms with Gasteiger partial charge in [-0.15, -0.1) is 0 Å². The minimum atomic E-state index is 0.422. The molecule has 0 fully saturated rings. The van der Waals surface area contributed by atoms with Crippen molar-refractivity contribution in [1.82, 2.24) is 4.57 Å². The highest BCUT2D eigenvalue weighted by molar-refractivity contribution is 6.09. The van der Waals surface area contributed by atoms with Crippen molar-refractivity contribution in [3.63, 3.8) is 0 Å². The zero-order chi connectivity index (χ0) is 21.5. The van der Waals surface area contributed by atoms with E-state index in [0.29, 0.717) is 12.0 Å². The Morgan fingerprint density at radius 1 is 0.516 bits per heavy atom. The van der Waals surface area contributed by atoms with Crippen LogP contribution in [-0.4, -0.2) is 4.57 Å². The summed E-state index contributed by atoms with van der Waals surface area (Å²) in [5.41, 5.74) is 9.05. The van der Waals surface area contributed by atoms with E-state index in [4.69, 9.17) is 0 Å². The van der Waals surface area contributed by atoms with Gasteiger partial charge in [-0.25, -0.2) is 0 Å². The van der Waals surface area contributed by atoms with E-state index in [1.165, 1.54) is 49.6 Å². The molecule has 0 aliphatic carbocycles. The standard InChI is InChI=1S/C30H29N/c1-20(2)22-12-14-23(15-13-22)24-8-7-9-25(18-24)26-16-17-30-28(19-26)27-10-5-6-11-29(27)31(30)21(3)4/h5-21H,1-4H3. The summed E-state index contributed by atoms with van der Waals surface area (Å²) < 4.78 is 2.45. The smallest absolute Gasteiger partial charge is 0.0494 e. The number of rotatable bonds is 4. The normalized spacial score (nSPS) is 11.8. The Morgan fingerprint density at radius 2 is 1.13 bits per heavy atom. The third-order valence-corrected chi connectivity index (χ3v) is 6.33. The van der Waals surface area contributed by atoms with E-state index in [1.807, 2.05) is 0 Å². The highest BCUT2D eigenvalue weighted by atomic mass is 15.0. The molecule has 1 nitrogen and oxygen atoms in total. The second-order valence-corrected chi connectivity index (χ2v) is 9.07. The van der Waals surface area contributed by atoms with Crippen molar-refractivity contribution in [2.24, 2.45) is 0 Å². The molecule has 0 saturated heterocycles. The van der Waals surface area contributed by atoms with E-state index in [0.717, 1.165) is 0 Å². The van der Waals surface area contributed by atoms with Crippen LogP contribution in [0.15, 0.2) is 91.0 Å². The lowest BCUT2D eigenvalue weighted by Gasteiger charge is -2.12. The van der Waals surface area contributed by atoms with Crippen molar-refractivity contribution in [1.29, 1.82) is 0 Å². The van der Waals surface area contributed by atoms with Crippen LogP contribution in [0, 0.1) is 0 Å². The molecule has 154 valence electrons. The van der Waals surface area contributed by atoms with Gasteiger partial charge in [0.25, 0.3) is 0 Å². The SMILES string of the molecule is CC(C)c1ccc(-c2cccc(-c3ccc4c(c3)c3ccccc3n4C(C)C)c2)cc1. The molecule has 0 amide bonds. The topological polar surface area (TPSA) is 4.93 Å². The summed E-state index contributed by atoms with van der Waals surface area (Å²) in [5.74, 6) is 0.556. The summed E-state index contributed by atoms with van der Waals surface area (Å²) in [6, 6.07) is 34.0. The number of fused-ring (bicyclic) bond motifs is 3. The van der Waals surface area contributed by atoms with Gasteiger partial charge in [-0.1, -0.05) is 80.6 Å². The van der Waals surface area contributed by atoms with Gasteiger partial charge in [0.05, 0.1) is 0 Å². The molecule has 1 heteroatoms. The Labute approximate surface area is 185 Å². The summed E-state index contributed by atoms with van der Waals surface area (Å²) in [4.78, 5) is 0. The van der Waals surface area contributed by atoms with Crippen molar-refractivity contribution in [2.45, 2.75) is 39.7 Å². The molecule has 0 bridgehead atoms. The molecule has 1 heterocycles. The maximum Gasteiger partial charge on any atom is 0.0494 e. The van der Waals surface area contributed by atoms with Gasteiger partial charge in [0.1, 0.15) is 0 Å². The van der Waals surface area contributed by atoms with Crippen LogP contribution in [0.2, 0.25) is 0 Å². The van der Waals surface area contributed by atoms with Gasteiger partial charge in [-0.05, 0) is 71.8 Å². The van der Waals surface area contributed by atoms with Crippen LogP contribution in [0.3, 0.4) is 0 Å². The fraction of sp³-hybridized carbons (Fsp3) is 0.200. The first-order chi connectivity index (χ1) is 15.0. The Morgan fingerprint density at radius 3 is 1.84 bits per heavy atom. The molecular formula is C30H29N. The van der Waals surface area contributed by atoms with Crippen molar-refractivity contribution in [3.05, 3.63) is 96.6 Å². The van der Waals surface area contributed by atoms with E-state index in [1.54, 1.807) is 0 Å². The van der Waals surface area contributed by atoms with Gasteiger partial charge >= 0.3 is 0 Å². The zero-order valence-electron chi connectivity index (χ0n) is 18.8. The van der Waals surface area contributed by atoms with Crippen LogP contribution >= 0.6 is 0 Å². The Balaban J connectivity index is 1.61. The zero-order valence-corrected chi connectivity index (χ0v) is 18.8. The lowest BCUT2D eigenvalue weighted by molar-refractivity contribution is 0.642. The predicted octanol–water partition coefficient (Wildman–Crippen LogP) is 8.83. The van der Waals surface area contributed by atoms with E-state index >= 15 is 0 Å². The highest BCUT2D eigenvalue weighted by Crippen LogP contribution is 2.35. The van der Waals surface area contributed by atoms with E-state index in [9.17, 15) is 0 Å². The van der Waals surface area contributed by atoms with Gasteiger partial charge in [0.2, 0.25) is 0 Å². The third kappa shape index (κ3) is 3.45. The quantitative estimate of drug-likeness (QED) is 0.282. The summed E-state index contributed by atoms with van der Waals surface area (Å²) >= 11 is 0. The monoisotopic (exact) mass is 403 g/mol. The number of hydrogen-bond acceptors (Lipinski definition) is 0. The van der Waals surface area contributed by atoms with Crippen LogP contribution in [0.1, 0.15) is 45.2 Å². The number of aromatic nitrogens is 1. The molecular weight excluding hydrogens is 374 g/mol. The van der Waals surface area contributed by atoms with Gasteiger partial charge in [-0.2, -0.15) is 0 Å². The van der Waals surface area contributed by atoms with Crippen molar-refractivity contribution >= 4 is 21.8 Å². The first-order valence-electron chi connectivity index (χ1n) is 11.3. The Bertz CT molecular complexity index is 1370. The molecule has 1 aromatic heterocycles. The summed E-state index contributed by atoms with van der Waals surface area (Å²) in [6.07, 6.45) is 0. The van der Waals surface area contributed by atoms with Crippen molar-refractivity contribution in [3.8, 4) is 22.3 Å². The van der Waals surface area contributed by atoms with E-state index in [-0.39, 0.29) is 0 Å². The van der Waals surface area contributed by atoms with E-state index in [2.05, 4.69) is 123 Å². The summed E-state index contributed by atoms with van der Waals surface area (Å²) in [6.45, 7) is 8.99. The van der Waals surface area contributed by atoms with Crippen LogP contribution < -0.4 is 0 Å². The van der Waals surface area contributed by atoms with Gasteiger partial charge in [0, 0.05) is 27.8 Å². The average Bonchev–Trinajstić information content (AvgIpc) is 3.13. The van der Waals surface area contributed by atoms with Crippen molar-refractivity contribution < 1.29 is 0 Å². The fourth-order valence-electron chi connectivity index (χ4n) is 4.68. The maximum atomic E-state index is 2.45. The molecule has 5 aromatic rings. The number of hydrogen-bond donors (Lipinski definition) is 0. The van der Waals surface area contributed by atoms with Gasteiger partial charge in [-0.3, -0.25) is 0 Å². The Kier molecular flexibility index (Phi) is 4.90. The summed E-state index contributed by atoms with van der Waals surface area (Å²) in [7, 11) is 0. The van der Waals surface area contributed by atoms with Gasteiger partial charge in [0.15, 0.2) is 0 Å². The first kappa shape index (κ1) is 19.6. The van der Waals surface area contributed by atoms with E-state index < -0.39 is 0 Å². The Hall–Kier alpha value is -3.32. The molecule has 0 saturated carbocycles. The lowest BCUT2D eigenvalue weighted by atomic mass is 9.96. The highest BCUT2D eigenvalue weighted by Gasteiger charge is 2.13. The minimum absolute atomic E-state index is 0.422. The fourth-order valence-corrected chi connectivity index (χ4v) is 4.68. The molecule has 0 aliphatic rings. The number of para-hydroxylation sites is 1. The molecule has 0 atom stereocenters. The molecule has 31 heavy (non-hydrogen) atoms. The second-order valence-electron chi connectivity index (χ2n) is 9.07. The lowest BCUT2D eigenvalue weighted by Crippen LogP contribution is -1.99. The van der Waals surface area contributed by atoms with Crippen LogP contribution in [-0.2, 0) is 0 Å². The van der Waals surface area contributed by atoms with Crippen molar-refractivity contribution in [2.75, 3.05) is 0 Å². The van der Waals surface area contributed by atoms with Crippen LogP contribution in [0.25, 0.3) is 44.1 Å². The maximum absolute atomic E-state index is 2.45. The molecule has 0 spiro atoms. The third-order valence-electron chi connectivity index (χ3n) is 6.33. The predicted molar refractivity (Wildman–Crippen MR) is 135 cm³/mol. The summed E-state index contributed by atoms with van der Waals surface area (Å²) in [5, 5.41) is 2.65. The molecule has 4 aromatic carbocycles. The number of nitrogens with zero attached hydrogens (tertiary/aromatic N) is 1. The largest absolute Gasteiger partial charge is 0.338 e. The van der Waals surface area contributed by atoms with Crippen LogP contribution in [0.5, 0.6) is 0 Å². The minimum Gasteiger partial charge on any atom is -0.338 e. The number of benzene rings is 4. The molecule has 5 rings (SSSR count). The van der Waals surface area contributed by atoms with Gasteiger partial charge < -0.3 is 4.57 Å². The first-order valence-corrected chi connectivity index (χ1v) is 11.3. The molecule has 0 N–H and O–H groups in total. The molecule has 0 aliphatic heterocycles. The molecule has 0 unspecified atom stereocenters. The average molecular weight is 404 g/mol.